The number of rotatable bonds is 6. The summed E-state index contributed by atoms with van der Waals surface area (Å²) in [5.41, 5.74) is 11.8. The number of pyridine rings is 1. The molecule has 4 N–H and O–H groups in total. The second kappa shape index (κ2) is 10.5. The van der Waals surface area contributed by atoms with Crippen LogP contribution in [0.25, 0.3) is 39.4 Å². The lowest BCUT2D eigenvalue weighted by Gasteiger charge is -2.37. The molecule has 0 radical (unpaired) electrons. The monoisotopic (exact) mass is 511 g/mol. The molecule has 0 unspecified atom stereocenters. The van der Waals surface area contributed by atoms with Crippen molar-refractivity contribution in [2.24, 2.45) is 5.73 Å². The van der Waals surface area contributed by atoms with Gasteiger partial charge in [-0.15, -0.1) is 11.3 Å². The molecule has 0 bridgehead atoms. The highest BCUT2D eigenvalue weighted by atomic mass is 32.1. The number of nitrogens with two attached hydrogens (primary N) is 1. The van der Waals surface area contributed by atoms with Crippen LogP contribution in [0.5, 0.6) is 0 Å². The Bertz CT molecular complexity index is 1560. The molecule has 5 aromatic rings. The molecule has 1 aliphatic rings. The summed E-state index contributed by atoms with van der Waals surface area (Å²) in [5, 5.41) is 10.4. The van der Waals surface area contributed by atoms with E-state index in [1.807, 2.05) is 39.0 Å². The van der Waals surface area contributed by atoms with Crippen molar-refractivity contribution >= 4 is 33.8 Å². The number of fused-ring (bicyclic) bond motifs is 1. The molecule has 37 heavy (non-hydrogen) atoms. The van der Waals surface area contributed by atoms with Crippen molar-refractivity contribution in [2.75, 3.05) is 18.0 Å². The van der Waals surface area contributed by atoms with E-state index in [-0.39, 0.29) is 6.04 Å². The second-order valence-electron chi connectivity index (χ2n) is 8.47. The summed E-state index contributed by atoms with van der Waals surface area (Å²) >= 11 is 1.67. The zero-order valence-corrected chi connectivity index (χ0v) is 21.9. The number of anilines is 1. The minimum Gasteiger partial charge on any atom is -0.352 e. The van der Waals surface area contributed by atoms with Crippen molar-refractivity contribution in [2.45, 2.75) is 26.8 Å². The zero-order valence-electron chi connectivity index (χ0n) is 21.1. The first-order chi connectivity index (χ1) is 18.1. The van der Waals surface area contributed by atoms with Gasteiger partial charge in [0.1, 0.15) is 11.5 Å². The van der Waals surface area contributed by atoms with Crippen molar-refractivity contribution in [3.8, 4) is 22.8 Å². The van der Waals surface area contributed by atoms with Crippen LogP contribution in [-0.2, 0) is 0 Å². The SMILES string of the molecule is C=C/C=C(/c1cccs1)c1nc(-c2[nH]nc3ncc(-c4cncc(N5CC(N)C5)n4)cc23)[nH]c1C.CC. The molecule has 9 nitrogen and oxygen atoms in total. The third-order valence-corrected chi connectivity index (χ3v) is 6.91. The summed E-state index contributed by atoms with van der Waals surface area (Å²) in [4.78, 5) is 25.3. The molecule has 10 heteroatoms. The number of hydrogen-bond donors (Lipinski definition) is 3. The predicted octanol–water partition coefficient (Wildman–Crippen LogP) is 4.97. The van der Waals surface area contributed by atoms with Crippen molar-refractivity contribution in [1.29, 1.82) is 0 Å². The van der Waals surface area contributed by atoms with E-state index >= 15 is 0 Å². The fraction of sp³-hybridized carbons (Fsp3) is 0.222. The summed E-state index contributed by atoms with van der Waals surface area (Å²) < 4.78 is 0. The average molecular weight is 512 g/mol. The van der Waals surface area contributed by atoms with Crippen molar-refractivity contribution in [3.63, 3.8) is 0 Å². The van der Waals surface area contributed by atoms with E-state index in [4.69, 9.17) is 15.7 Å². The van der Waals surface area contributed by atoms with Gasteiger partial charge in [-0.3, -0.25) is 10.1 Å². The van der Waals surface area contributed by atoms with Gasteiger partial charge in [0.2, 0.25) is 0 Å². The minimum absolute atomic E-state index is 0.190. The minimum atomic E-state index is 0.190. The van der Waals surface area contributed by atoms with Crippen LogP contribution in [0.4, 0.5) is 5.82 Å². The lowest BCUT2D eigenvalue weighted by atomic mass is 10.1. The highest BCUT2D eigenvalue weighted by molar-refractivity contribution is 7.11. The number of aromatic nitrogens is 7. The molecule has 0 aromatic carbocycles. The van der Waals surface area contributed by atoms with Gasteiger partial charge < -0.3 is 15.6 Å². The van der Waals surface area contributed by atoms with Crippen LogP contribution < -0.4 is 10.6 Å². The van der Waals surface area contributed by atoms with Crippen LogP contribution in [0, 0.1) is 6.92 Å². The first-order valence-electron chi connectivity index (χ1n) is 12.2. The summed E-state index contributed by atoms with van der Waals surface area (Å²) in [6, 6.07) is 6.33. The van der Waals surface area contributed by atoms with E-state index in [0.29, 0.717) is 11.5 Å². The summed E-state index contributed by atoms with van der Waals surface area (Å²) in [6.45, 7) is 11.5. The summed E-state index contributed by atoms with van der Waals surface area (Å²) in [6.07, 6.45) is 9.05. The number of nitrogens with one attached hydrogen (secondary N) is 2. The van der Waals surface area contributed by atoms with Crippen LogP contribution in [0.3, 0.4) is 0 Å². The first-order valence-corrected chi connectivity index (χ1v) is 13.1. The molecule has 0 amide bonds. The van der Waals surface area contributed by atoms with Gasteiger partial charge in [0.15, 0.2) is 11.5 Å². The smallest absolute Gasteiger partial charge is 0.181 e. The number of thiophene rings is 1. The largest absolute Gasteiger partial charge is 0.352 e. The predicted molar refractivity (Wildman–Crippen MR) is 150 cm³/mol. The number of nitrogens with zero attached hydrogens (tertiary/aromatic N) is 6. The van der Waals surface area contributed by atoms with Crippen molar-refractivity contribution < 1.29 is 0 Å². The molecule has 6 heterocycles. The van der Waals surface area contributed by atoms with Crippen LogP contribution >= 0.6 is 11.3 Å². The highest BCUT2D eigenvalue weighted by Gasteiger charge is 2.25. The summed E-state index contributed by atoms with van der Waals surface area (Å²) in [5.74, 6) is 1.51. The van der Waals surface area contributed by atoms with Gasteiger partial charge in [0, 0.05) is 47.0 Å². The number of aromatic amines is 2. The van der Waals surface area contributed by atoms with Crippen LogP contribution in [0.2, 0.25) is 0 Å². The maximum absolute atomic E-state index is 5.93. The average Bonchev–Trinajstić information content (AvgIpc) is 3.66. The van der Waals surface area contributed by atoms with Gasteiger partial charge in [0.25, 0.3) is 0 Å². The Morgan fingerprint density at radius 1 is 1.22 bits per heavy atom. The second-order valence-corrected chi connectivity index (χ2v) is 9.42. The Morgan fingerprint density at radius 2 is 2.05 bits per heavy atom. The third-order valence-electron chi connectivity index (χ3n) is 6.01. The van der Waals surface area contributed by atoms with Crippen LogP contribution in [0.1, 0.15) is 30.1 Å². The van der Waals surface area contributed by atoms with Gasteiger partial charge in [-0.25, -0.2) is 15.0 Å². The van der Waals surface area contributed by atoms with E-state index < -0.39 is 0 Å². The fourth-order valence-corrected chi connectivity index (χ4v) is 4.99. The molecule has 6 rings (SSSR count). The third kappa shape index (κ3) is 4.68. The molecule has 0 spiro atoms. The Morgan fingerprint density at radius 3 is 2.78 bits per heavy atom. The van der Waals surface area contributed by atoms with E-state index in [0.717, 1.165) is 63.1 Å². The molecule has 0 atom stereocenters. The molecular formula is C27H29N9S. The van der Waals surface area contributed by atoms with E-state index in [2.05, 4.69) is 48.1 Å². The molecule has 5 aromatic heterocycles. The maximum Gasteiger partial charge on any atom is 0.181 e. The first kappa shape index (κ1) is 24.5. The van der Waals surface area contributed by atoms with Gasteiger partial charge in [-0.05, 0) is 24.4 Å². The van der Waals surface area contributed by atoms with Gasteiger partial charge in [-0.1, -0.05) is 38.6 Å². The fourth-order valence-electron chi connectivity index (χ4n) is 4.24. The van der Waals surface area contributed by atoms with Gasteiger partial charge >= 0.3 is 0 Å². The number of hydrogen-bond acceptors (Lipinski definition) is 8. The lowest BCUT2D eigenvalue weighted by molar-refractivity contribution is 0.514. The number of H-pyrrole nitrogens is 2. The topological polar surface area (TPSA) is 125 Å². The molecule has 1 aliphatic heterocycles. The number of aryl methyl sites for hydroxylation is 1. The zero-order chi connectivity index (χ0) is 25.9. The van der Waals surface area contributed by atoms with Gasteiger partial charge in [-0.2, -0.15) is 5.10 Å². The quantitative estimate of drug-likeness (QED) is 0.275. The van der Waals surface area contributed by atoms with E-state index in [1.54, 1.807) is 36.0 Å². The lowest BCUT2D eigenvalue weighted by Crippen LogP contribution is -2.56. The van der Waals surface area contributed by atoms with Gasteiger partial charge in [0.05, 0.1) is 29.2 Å². The Balaban J connectivity index is 0.00000137. The Kier molecular flexibility index (Phi) is 6.93. The number of imidazole rings is 1. The molecule has 188 valence electrons. The molecule has 1 saturated heterocycles. The Hall–Kier alpha value is -4.15. The molecule has 1 fully saturated rings. The van der Waals surface area contributed by atoms with E-state index in [9.17, 15) is 0 Å². The van der Waals surface area contributed by atoms with Crippen LogP contribution in [-0.4, -0.2) is 54.2 Å². The normalized spacial score (nSPS) is 13.8. The molecule has 0 saturated carbocycles. The summed E-state index contributed by atoms with van der Waals surface area (Å²) in [7, 11) is 0. The standard InChI is InChI=1S/C25H23N9S.C2H6/c1-3-5-17(20-6-4-7-35-20)22-14(2)29-25(31-22)23-18-8-15(9-28-24(18)33-32-23)19-10-27-11-21(30-19)34-12-16(26)13-34;1-2/h3-11,16H,1,12-13,26H2,2H3,(H,29,31)(H,28,32,33);1-2H3/b17-5-;. The Labute approximate surface area is 219 Å². The van der Waals surface area contributed by atoms with Crippen LogP contribution in [0.15, 0.2) is 60.9 Å². The van der Waals surface area contributed by atoms with Crippen molar-refractivity contribution in [3.05, 3.63) is 77.2 Å². The highest BCUT2D eigenvalue weighted by Crippen LogP contribution is 2.32. The van der Waals surface area contributed by atoms with E-state index in [1.165, 1.54) is 0 Å². The van der Waals surface area contributed by atoms with Crippen molar-refractivity contribution in [1.82, 2.24) is 35.1 Å². The molecule has 0 aliphatic carbocycles. The number of allylic oxidation sites excluding steroid dienone is 2. The molecular weight excluding hydrogens is 482 g/mol. The maximum atomic E-state index is 5.93.